The van der Waals surface area contributed by atoms with Gasteiger partial charge in [-0.3, -0.25) is 4.98 Å². The van der Waals surface area contributed by atoms with E-state index in [1.807, 2.05) is 6.20 Å². The van der Waals surface area contributed by atoms with Crippen LogP contribution >= 0.6 is 0 Å². The van der Waals surface area contributed by atoms with Gasteiger partial charge in [-0.1, -0.05) is 20.3 Å². The second-order valence-electron chi connectivity index (χ2n) is 3.96. The van der Waals surface area contributed by atoms with Crippen molar-refractivity contribution >= 4 is 11.6 Å². The van der Waals surface area contributed by atoms with Gasteiger partial charge in [0.25, 0.3) is 0 Å². The highest BCUT2D eigenvalue weighted by molar-refractivity contribution is 5.43. The summed E-state index contributed by atoms with van der Waals surface area (Å²) in [6.07, 6.45) is 7.06. The Balaban J connectivity index is 2.58. The molecule has 1 aromatic heterocycles. The van der Waals surface area contributed by atoms with Crippen molar-refractivity contribution in [3.63, 3.8) is 0 Å². The van der Waals surface area contributed by atoms with Crippen molar-refractivity contribution in [1.82, 2.24) is 9.97 Å². The Morgan fingerprint density at radius 1 is 1.25 bits per heavy atom. The van der Waals surface area contributed by atoms with Crippen LogP contribution in [0.15, 0.2) is 12.4 Å². The summed E-state index contributed by atoms with van der Waals surface area (Å²) in [6.45, 7) is 6.30. The maximum Gasteiger partial charge on any atom is 0.149 e. The van der Waals surface area contributed by atoms with Gasteiger partial charge < -0.3 is 10.2 Å². The number of aromatic nitrogens is 2. The molecular formula is C12H22N4. The average Bonchev–Trinajstić information content (AvgIpc) is 2.33. The number of rotatable bonds is 7. The lowest BCUT2D eigenvalue weighted by Crippen LogP contribution is -2.20. The largest absolute Gasteiger partial charge is 0.369 e. The fraction of sp³-hybridized carbons (Fsp3) is 0.667. The minimum atomic E-state index is 0.864. The molecule has 4 nitrogen and oxygen atoms in total. The Hall–Kier alpha value is -1.32. The van der Waals surface area contributed by atoms with Gasteiger partial charge in [0.05, 0.1) is 12.4 Å². The van der Waals surface area contributed by atoms with Gasteiger partial charge in [-0.05, 0) is 12.8 Å². The molecule has 0 fully saturated rings. The first-order chi connectivity index (χ1) is 7.77. The summed E-state index contributed by atoms with van der Waals surface area (Å²) in [5.41, 5.74) is 0. The molecule has 1 N–H and O–H groups in total. The maximum absolute atomic E-state index is 4.52. The third-order valence-electron chi connectivity index (χ3n) is 2.42. The first-order valence-corrected chi connectivity index (χ1v) is 6.05. The summed E-state index contributed by atoms with van der Waals surface area (Å²) in [5, 5.41) is 3.25. The molecule has 1 rings (SSSR count). The molecular weight excluding hydrogens is 200 g/mol. The summed E-state index contributed by atoms with van der Waals surface area (Å²) in [6, 6.07) is 0. The Morgan fingerprint density at radius 3 is 2.75 bits per heavy atom. The van der Waals surface area contributed by atoms with Crippen molar-refractivity contribution in [1.29, 1.82) is 0 Å². The zero-order chi connectivity index (χ0) is 11.8. The van der Waals surface area contributed by atoms with E-state index in [1.54, 1.807) is 6.20 Å². The van der Waals surface area contributed by atoms with Crippen LogP contribution in [0.1, 0.15) is 33.1 Å². The van der Waals surface area contributed by atoms with Gasteiger partial charge in [-0.15, -0.1) is 0 Å². The number of unbranched alkanes of at least 4 members (excludes halogenated alkanes) is 1. The van der Waals surface area contributed by atoms with Crippen LogP contribution in [0.2, 0.25) is 0 Å². The number of nitrogens with zero attached hydrogens (tertiary/aromatic N) is 3. The molecule has 0 radical (unpaired) electrons. The lowest BCUT2D eigenvalue weighted by atomic mass is 10.3. The van der Waals surface area contributed by atoms with Gasteiger partial charge in [0.1, 0.15) is 11.6 Å². The monoisotopic (exact) mass is 222 g/mol. The molecule has 1 aromatic rings. The standard InChI is InChI=1S/C12H22N4/c1-4-6-8-16(3)12-10-13-9-11(15-12)14-7-5-2/h9-10H,4-8H2,1-3H3,(H,14,15). The van der Waals surface area contributed by atoms with Crippen LogP contribution in [0.5, 0.6) is 0 Å². The number of hydrogen-bond acceptors (Lipinski definition) is 4. The predicted octanol–water partition coefficient (Wildman–Crippen LogP) is 2.53. The van der Waals surface area contributed by atoms with Crippen LogP contribution in [0.3, 0.4) is 0 Å². The highest BCUT2D eigenvalue weighted by atomic mass is 15.2. The average molecular weight is 222 g/mol. The predicted molar refractivity (Wildman–Crippen MR) is 69.0 cm³/mol. The van der Waals surface area contributed by atoms with Gasteiger partial charge in [0, 0.05) is 20.1 Å². The molecule has 0 spiro atoms. The van der Waals surface area contributed by atoms with Crippen LogP contribution in [0.4, 0.5) is 11.6 Å². The summed E-state index contributed by atoms with van der Waals surface area (Å²) >= 11 is 0. The van der Waals surface area contributed by atoms with Crippen molar-refractivity contribution in [3.05, 3.63) is 12.4 Å². The number of anilines is 2. The second kappa shape index (κ2) is 7.04. The molecule has 4 heteroatoms. The molecule has 90 valence electrons. The van der Waals surface area contributed by atoms with E-state index in [4.69, 9.17) is 0 Å². The molecule has 0 amide bonds. The van der Waals surface area contributed by atoms with E-state index in [-0.39, 0.29) is 0 Å². The van der Waals surface area contributed by atoms with E-state index in [0.717, 1.165) is 31.1 Å². The van der Waals surface area contributed by atoms with Crippen molar-refractivity contribution in [2.75, 3.05) is 30.4 Å². The van der Waals surface area contributed by atoms with Crippen molar-refractivity contribution < 1.29 is 0 Å². The van der Waals surface area contributed by atoms with E-state index in [0.29, 0.717) is 0 Å². The van der Waals surface area contributed by atoms with Crippen LogP contribution < -0.4 is 10.2 Å². The minimum absolute atomic E-state index is 0.864. The normalized spacial score (nSPS) is 10.2. The van der Waals surface area contributed by atoms with Gasteiger partial charge in [0.15, 0.2) is 0 Å². The van der Waals surface area contributed by atoms with Crippen LogP contribution in [-0.4, -0.2) is 30.1 Å². The van der Waals surface area contributed by atoms with E-state index < -0.39 is 0 Å². The van der Waals surface area contributed by atoms with Gasteiger partial charge in [0.2, 0.25) is 0 Å². The Labute approximate surface area is 98.1 Å². The third-order valence-corrected chi connectivity index (χ3v) is 2.42. The third kappa shape index (κ3) is 4.04. The van der Waals surface area contributed by atoms with E-state index >= 15 is 0 Å². The second-order valence-corrected chi connectivity index (χ2v) is 3.96. The Kier molecular flexibility index (Phi) is 5.61. The van der Waals surface area contributed by atoms with Crippen molar-refractivity contribution in [3.8, 4) is 0 Å². The number of hydrogen-bond donors (Lipinski definition) is 1. The van der Waals surface area contributed by atoms with E-state index in [1.165, 1.54) is 12.8 Å². The zero-order valence-corrected chi connectivity index (χ0v) is 10.5. The van der Waals surface area contributed by atoms with Gasteiger partial charge in [-0.25, -0.2) is 4.98 Å². The first-order valence-electron chi connectivity index (χ1n) is 6.05. The van der Waals surface area contributed by atoms with Crippen molar-refractivity contribution in [2.24, 2.45) is 0 Å². The van der Waals surface area contributed by atoms with E-state index in [9.17, 15) is 0 Å². The highest BCUT2D eigenvalue weighted by Crippen LogP contribution is 2.11. The quantitative estimate of drug-likeness (QED) is 0.769. The summed E-state index contributed by atoms with van der Waals surface area (Å²) in [5.74, 6) is 1.80. The molecule has 0 aliphatic carbocycles. The molecule has 0 aromatic carbocycles. The molecule has 0 aliphatic heterocycles. The summed E-state index contributed by atoms with van der Waals surface area (Å²) in [4.78, 5) is 10.9. The summed E-state index contributed by atoms with van der Waals surface area (Å²) in [7, 11) is 2.06. The minimum Gasteiger partial charge on any atom is -0.369 e. The smallest absolute Gasteiger partial charge is 0.149 e. The lowest BCUT2D eigenvalue weighted by Gasteiger charge is -2.17. The Bertz CT molecular complexity index is 301. The first kappa shape index (κ1) is 12.7. The fourth-order valence-electron chi connectivity index (χ4n) is 1.39. The molecule has 0 saturated carbocycles. The Morgan fingerprint density at radius 2 is 2.06 bits per heavy atom. The molecule has 16 heavy (non-hydrogen) atoms. The molecule has 1 heterocycles. The molecule has 0 atom stereocenters. The van der Waals surface area contributed by atoms with Gasteiger partial charge in [-0.2, -0.15) is 0 Å². The zero-order valence-electron chi connectivity index (χ0n) is 10.5. The van der Waals surface area contributed by atoms with Crippen LogP contribution in [0.25, 0.3) is 0 Å². The SMILES string of the molecule is CCCCN(C)c1cncc(NCCC)n1. The molecule has 0 aliphatic rings. The molecule has 0 bridgehead atoms. The lowest BCUT2D eigenvalue weighted by molar-refractivity contribution is 0.758. The molecule has 0 saturated heterocycles. The summed E-state index contributed by atoms with van der Waals surface area (Å²) < 4.78 is 0. The van der Waals surface area contributed by atoms with Crippen molar-refractivity contribution in [2.45, 2.75) is 33.1 Å². The molecule has 0 unspecified atom stereocenters. The highest BCUT2D eigenvalue weighted by Gasteiger charge is 2.03. The van der Waals surface area contributed by atoms with Crippen LogP contribution in [0, 0.1) is 0 Å². The van der Waals surface area contributed by atoms with E-state index in [2.05, 4.69) is 41.1 Å². The number of nitrogens with one attached hydrogen (secondary N) is 1. The van der Waals surface area contributed by atoms with Crippen LogP contribution in [-0.2, 0) is 0 Å². The fourth-order valence-corrected chi connectivity index (χ4v) is 1.39. The maximum atomic E-state index is 4.52. The van der Waals surface area contributed by atoms with Gasteiger partial charge >= 0.3 is 0 Å². The topological polar surface area (TPSA) is 41.1 Å².